The molecule has 2 heterocycles. The molecular weight excluding hydrogens is 431 g/mol. The van der Waals surface area contributed by atoms with E-state index >= 15 is 0 Å². The van der Waals surface area contributed by atoms with Gasteiger partial charge in [-0.15, -0.1) is 11.3 Å². The van der Waals surface area contributed by atoms with Gasteiger partial charge in [-0.05, 0) is 55.3 Å². The first-order valence-corrected chi connectivity index (χ1v) is 10.8. The number of hydrogen-bond acceptors (Lipinski definition) is 5. The van der Waals surface area contributed by atoms with Gasteiger partial charge in [0.25, 0.3) is 5.91 Å². The average molecular weight is 449 g/mol. The second-order valence-electron chi connectivity index (χ2n) is 6.59. The normalized spacial score (nSPS) is 16.0. The molecular formula is C21H18Cl2N2O3S. The molecule has 0 aliphatic carbocycles. The summed E-state index contributed by atoms with van der Waals surface area (Å²) in [6.07, 6.45) is 2.26. The minimum atomic E-state index is -0.237. The molecule has 3 aromatic rings. The van der Waals surface area contributed by atoms with Gasteiger partial charge < -0.3 is 9.47 Å². The standard InChI is InChI=1S/C21H18Cl2N2O3S/c22-14-5-8-17(18(23)10-14)19-12-29-21(24-19)25-20(26)13-3-6-15(7-4-13)28-11-16-2-1-9-27-16/h3-8,10,12,16H,1-2,9,11H2,(H,24,25,26)/t16-/m0/s1. The third-order valence-electron chi connectivity index (χ3n) is 4.51. The first kappa shape index (κ1) is 20.2. The lowest BCUT2D eigenvalue weighted by atomic mass is 10.2. The van der Waals surface area contributed by atoms with E-state index in [9.17, 15) is 4.79 Å². The molecule has 0 unspecified atom stereocenters. The number of amides is 1. The number of thiazole rings is 1. The van der Waals surface area contributed by atoms with Gasteiger partial charge in [0.05, 0.1) is 16.8 Å². The predicted octanol–water partition coefficient (Wildman–Crippen LogP) is 5.93. The Labute approximate surface area is 182 Å². The minimum Gasteiger partial charge on any atom is -0.491 e. The molecule has 4 rings (SSSR count). The number of ether oxygens (including phenoxy) is 2. The van der Waals surface area contributed by atoms with Crippen molar-refractivity contribution in [2.45, 2.75) is 18.9 Å². The highest BCUT2D eigenvalue weighted by Crippen LogP contribution is 2.32. The van der Waals surface area contributed by atoms with E-state index in [2.05, 4.69) is 10.3 Å². The van der Waals surface area contributed by atoms with Crippen molar-refractivity contribution in [2.24, 2.45) is 0 Å². The second-order valence-corrected chi connectivity index (χ2v) is 8.29. The topological polar surface area (TPSA) is 60.5 Å². The van der Waals surface area contributed by atoms with E-state index in [-0.39, 0.29) is 12.0 Å². The Morgan fingerprint density at radius 3 is 2.79 bits per heavy atom. The van der Waals surface area contributed by atoms with Crippen LogP contribution in [-0.4, -0.2) is 30.2 Å². The molecule has 1 saturated heterocycles. The Bertz CT molecular complexity index is 1000. The van der Waals surface area contributed by atoms with Crippen LogP contribution in [-0.2, 0) is 4.74 Å². The summed E-state index contributed by atoms with van der Waals surface area (Å²) in [7, 11) is 0. The first-order chi connectivity index (χ1) is 14.1. The number of benzene rings is 2. The van der Waals surface area contributed by atoms with Gasteiger partial charge in [-0.1, -0.05) is 23.2 Å². The molecule has 1 aliphatic heterocycles. The quantitative estimate of drug-likeness (QED) is 0.507. The fourth-order valence-electron chi connectivity index (χ4n) is 2.99. The van der Waals surface area contributed by atoms with Crippen molar-refractivity contribution >= 4 is 45.6 Å². The van der Waals surface area contributed by atoms with Crippen molar-refractivity contribution in [3.8, 4) is 17.0 Å². The van der Waals surface area contributed by atoms with Crippen LogP contribution in [0.4, 0.5) is 5.13 Å². The van der Waals surface area contributed by atoms with Crippen LogP contribution in [0, 0.1) is 0 Å². The summed E-state index contributed by atoms with van der Waals surface area (Å²) in [5.41, 5.74) is 1.97. The predicted molar refractivity (Wildman–Crippen MR) is 116 cm³/mol. The maximum absolute atomic E-state index is 12.5. The molecule has 1 aliphatic rings. The molecule has 150 valence electrons. The zero-order valence-electron chi connectivity index (χ0n) is 15.4. The van der Waals surface area contributed by atoms with E-state index in [1.54, 1.807) is 42.5 Å². The zero-order chi connectivity index (χ0) is 20.2. The van der Waals surface area contributed by atoms with Crippen LogP contribution in [0.5, 0.6) is 5.75 Å². The summed E-state index contributed by atoms with van der Waals surface area (Å²) >= 11 is 13.5. The average Bonchev–Trinajstić information content (AvgIpc) is 3.39. The van der Waals surface area contributed by atoms with Crippen LogP contribution in [0.15, 0.2) is 47.8 Å². The molecule has 2 aromatic carbocycles. The summed E-state index contributed by atoms with van der Waals surface area (Å²) in [4.78, 5) is 16.9. The minimum absolute atomic E-state index is 0.159. The van der Waals surface area contributed by atoms with Crippen LogP contribution < -0.4 is 10.1 Å². The molecule has 0 spiro atoms. The van der Waals surface area contributed by atoms with Crippen molar-refractivity contribution in [1.82, 2.24) is 4.98 Å². The highest BCUT2D eigenvalue weighted by atomic mass is 35.5. The van der Waals surface area contributed by atoms with Crippen molar-refractivity contribution in [1.29, 1.82) is 0 Å². The van der Waals surface area contributed by atoms with Gasteiger partial charge in [0.15, 0.2) is 5.13 Å². The highest BCUT2D eigenvalue weighted by Gasteiger charge is 2.16. The lowest BCUT2D eigenvalue weighted by Crippen LogP contribution is -2.16. The summed E-state index contributed by atoms with van der Waals surface area (Å²) in [5.74, 6) is 0.477. The number of carbonyl (C=O) groups excluding carboxylic acids is 1. The van der Waals surface area contributed by atoms with Crippen LogP contribution in [0.25, 0.3) is 11.3 Å². The summed E-state index contributed by atoms with van der Waals surface area (Å²) in [5, 5.41) is 6.22. The number of hydrogen-bond donors (Lipinski definition) is 1. The van der Waals surface area contributed by atoms with E-state index < -0.39 is 0 Å². The van der Waals surface area contributed by atoms with Crippen LogP contribution in [0.2, 0.25) is 10.0 Å². The van der Waals surface area contributed by atoms with E-state index in [0.29, 0.717) is 38.8 Å². The Morgan fingerprint density at radius 2 is 2.07 bits per heavy atom. The Balaban J connectivity index is 1.37. The zero-order valence-corrected chi connectivity index (χ0v) is 17.7. The third-order valence-corrected chi connectivity index (χ3v) is 5.81. The largest absolute Gasteiger partial charge is 0.491 e. The number of anilines is 1. The number of carbonyl (C=O) groups is 1. The lowest BCUT2D eigenvalue weighted by Gasteiger charge is -2.11. The molecule has 8 heteroatoms. The van der Waals surface area contributed by atoms with Gasteiger partial charge in [0.2, 0.25) is 0 Å². The first-order valence-electron chi connectivity index (χ1n) is 9.15. The molecule has 1 atom stereocenters. The van der Waals surface area contributed by atoms with E-state index in [0.717, 1.165) is 25.0 Å². The molecule has 1 fully saturated rings. The van der Waals surface area contributed by atoms with E-state index in [4.69, 9.17) is 32.7 Å². The van der Waals surface area contributed by atoms with Crippen molar-refractivity contribution in [2.75, 3.05) is 18.5 Å². The van der Waals surface area contributed by atoms with Gasteiger partial charge in [-0.3, -0.25) is 10.1 Å². The van der Waals surface area contributed by atoms with Gasteiger partial charge in [0, 0.05) is 28.1 Å². The Hall–Kier alpha value is -2.12. The second kappa shape index (κ2) is 9.13. The molecule has 1 aromatic heterocycles. The molecule has 0 radical (unpaired) electrons. The van der Waals surface area contributed by atoms with Gasteiger partial charge >= 0.3 is 0 Å². The molecule has 29 heavy (non-hydrogen) atoms. The number of nitrogens with zero attached hydrogens (tertiary/aromatic N) is 1. The highest BCUT2D eigenvalue weighted by molar-refractivity contribution is 7.14. The Kier molecular flexibility index (Phi) is 6.35. The van der Waals surface area contributed by atoms with Crippen molar-refractivity contribution < 1.29 is 14.3 Å². The monoisotopic (exact) mass is 448 g/mol. The Morgan fingerprint density at radius 1 is 1.24 bits per heavy atom. The lowest BCUT2D eigenvalue weighted by molar-refractivity contribution is 0.0679. The summed E-state index contributed by atoms with van der Waals surface area (Å²) in [6.45, 7) is 1.33. The van der Waals surface area contributed by atoms with Gasteiger partial charge in [-0.25, -0.2) is 4.98 Å². The maximum atomic E-state index is 12.5. The number of rotatable bonds is 6. The number of nitrogens with one attached hydrogen (secondary N) is 1. The fraction of sp³-hybridized carbons (Fsp3) is 0.238. The third kappa shape index (κ3) is 5.08. The van der Waals surface area contributed by atoms with Gasteiger partial charge in [-0.2, -0.15) is 0 Å². The summed E-state index contributed by atoms with van der Waals surface area (Å²) in [6, 6.07) is 12.2. The van der Waals surface area contributed by atoms with E-state index in [1.165, 1.54) is 11.3 Å². The smallest absolute Gasteiger partial charge is 0.257 e. The number of aromatic nitrogens is 1. The number of halogens is 2. The van der Waals surface area contributed by atoms with Gasteiger partial charge in [0.1, 0.15) is 12.4 Å². The fourth-order valence-corrected chi connectivity index (χ4v) is 4.20. The molecule has 0 saturated carbocycles. The molecule has 5 nitrogen and oxygen atoms in total. The van der Waals surface area contributed by atoms with Crippen LogP contribution in [0.1, 0.15) is 23.2 Å². The summed E-state index contributed by atoms with van der Waals surface area (Å²) < 4.78 is 11.3. The van der Waals surface area contributed by atoms with Crippen molar-refractivity contribution in [3.05, 3.63) is 63.5 Å². The molecule has 0 bridgehead atoms. The molecule has 1 amide bonds. The van der Waals surface area contributed by atoms with Crippen LogP contribution >= 0.6 is 34.5 Å². The van der Waals surface area contributed by atoms with Crippen molar-refractivity contribution in [3.63, 3.8) is 0 Å². The van der Waals surface area contributed by atoms with E-state index in [1.807, 2.05) is 5.38 Å². The van der Waals surface area contributed by atoms with Crippen LogP contribution in [0.3, 0.4) is 0 Å². The SMILES string of the molecule is O=C(Nc1nc(-c2ccc(Cl)cc2Cl)cs1)c1ccc(OC[C@@H]2CCCO2)cc1. The molecule has 1 N–H and O–H groups in total. The maximum Gasteiger partial charge on any atom is 0.257 e.